The van der Waals surface area contributed by atoms with Gasteiger partial charge in [-0.3, -0.25) is 4.98 Å². The Hall–Kier alpha value is -2.16. The molecule has 3 nitrogen and oxygen atoms in total. The van der Waals surface area contributed by atoms with Crippen LogP contribution in [0, 0.1) is 0 Å². The van der Waals surface area contributed by atoms with Crippen molar-refractivity contribution in [2.75, 3.05) is 0 Å². The Bertz CT molecular complexity index is 444. The van der Waals surface area contributed by atoms with Crippen LogP contribution in [0.2, 0.25) is 0 Å². The van der Waals surface area contributed by atoms with Crippen molar-refractivity contribution >= 4 is 12.2 Å². The average molecular weight is 198 g/mol. The van der Waals surface area contributed by atoms with Crippen molar-refractivity contribution in [3.63, 3.8) is 0 Å². The van der Waals surface area contributed by atoms with Crippen LogP contribution in [-0.4, -0.2) is 10.1 Å². The van der Waals surface area contributed by atoms with Crippen molar-refractivity contribution < 1.29 is 4.52 Å². The summed E-state index contributed by atoms with van der Waals surface area (Å²) >= 11 is 0. The highest BCUT2D eigenvalue weighted by Crippen LogP contribution is 1.99. The molecule has 0 saturated carbocycles. The normalized spacial score (nSPS) is 11.5. The molecular formula is C12H10N2O. The fraction of sp³-hybridized carbons (Fsp3) is 0. The second-order valence-electron chi connectivity index (χ2n) is 2.90. The third-order valence-electron chi connectivity index (χ3n) is 1.79. The lowest BCUT2D eigenvalue weighted by atomic mass is 10.3. The zero-order valence-electron chi connectivity index (χ0n) is 8.08. The molecule has 0 aromatic carbocycles. The standard InChI is InChI=1S/C12H10N2O/c1(2-7-12-8-10-15-14-12)5-11-6-3-4-9-13-11/h1-10H. The molecular weight excluding hydrogens is 188 g/mol. The minimum Gasteiger partial charge on any atom is -0.364 e. The van der Waals surface area contributed by atoms with Gasteiger partial charge in [-0.05, 0) is 24.3 Å². The molecule has 0 amide bonds. The van der Waals surface area contributed by atoms with Crippen LogP contribution in [0.5, 0.6) is 0 Å². The maximum Gasteiger partial charge on any atom is 0.124 e. The number of allylic oxidation sites excluding steroid dienone is 2. The van der Waals surface area contributed by atoms with Gasteiger partial charge in [-0.1, -0.05) is 23.4 Å². The summed E-state index contributed by atoms with van der Waals surface area (Å²) in [6, 6.07) is 7.59. The van der Waals surface area contributed by atoms with E-state index in [1.165, 1.54) is 0 Å². The van der Waals surface area contributed by atoms with Crippen LogP contribution in [0.3, 0.4) is 0 Å². The van der Waals surface area contributed by atoms with Gasteiger partial charge < -0.3 is 4.52 Å². The van der Waals surface area contributed by atoms with E-state index in [4.69, 9.17) is 4.52 Å². The Balaban J connectivity index is 1.96. The van der Waals surface area contributed by atoms with Gasteiger partial charge in [0.25, 0.3) is 0 Å². The van der Waals surface area contributed by atoms with Gasteiger partial charge in [0, 0.05) is 12.3 Å². The molecule has 0 fully saturated rings. The smallest absolute Gasteiger partial charge is 0.124 e. The first-order valence-corrected chi connectivity index (χ1v) is 4.61. The molecule has 0 aliphatic heterocycles. The quantitative estimate of drug-likeness (QED) is 0.712. The van der Waals surface area contributed by atoms with E-state index in [9.17, 15) is 0 Å². The average Bonchev–Trinajstić information content (AvgIpc) is 2.79. The second-order valence-corrected chi connectivity index (χ2v) is 2.90. The van der Waals surface area contributed by atoms with Crippen molar-refractivity contribution in [1.29, 1.82) is 0 Å². The molecule has 2 rings (SSSR count). The zero-order chi connectivity index (χ0) is 10.3. The Kier molecular flexibility index (Phi) is 3.07. The van der Waals surface area contributed by atoms with E-state index in [-0.39, 0.29) is 0 Å². The van der Waals surface area contributed by atoms with Gasteiger partial charge in [-0.2, -0.15) is 0 Å². The minimum atomic E-state index is 0.806. The van der Waals surface area contributed by atoms with Gasteiger partial charge in [0.1, 0.15) is 12.0 Å². The summed E-state index contributed by atoms with van der Waals surface area (Å²) in [7, 11) is 0. The van der Waals surface area contributed by atoms with Crippen LogP contribution in [0.1, 0.15) is 11.4 Å². The highest BCUT2D eigenvalue weighted by atomic mass is 16.5. The lowest BCUT2D eigenvalue weighted by molar-refractivity contribution is 0.418. The third kappa shape index (κ3) is 2.91. The fourth-order valence-corrected chi connectivity index (χ4v) is 1.09. The molecule has 0 spiro atoms. The maximum atomic E-state index is 4.69. The molecule has 0 atom stereocenters. The third-order valence-corrected chi connectivity index (χ3v) is 1.79. The number of nitrogens with zero attached hydrogens (tertiary/aromatic N) is 2. The van der Waals surface area contributed by atoms with Crippen LogP contribution >= 0.6 is 0 Å². The van der Waals surface area contributed by atoms with E-state index in [1.54, 1.807) is 18.5 Å². The number of pyridine rings is 1. The van der Waals surface area contributed by atoms with Crippen LogP contribution in [0.25, 0.3) is 12.2 Å². The number of aromatic nitrogens is 2. The van der Waals surface area contributed by atoms with E-state index >= 15 is 0 Å². The zero-order valence-corrected chi connectivity index (χ0v) is 8.08. The predicted octanol–water partition coefficient (Wildman–Crippen LogP) is 2.80. The first-order valence-electron chi connectivity index (χ1n) is 4.61. The van der Waals surface area contributed by atoms with Gasteiger partial charge >= 0.3 is 0 Å². The summed E-state index contributed by atoms with van der Waals surface area (Å²) in [4.78, 5) is 4.16. The molecule has 2 aromatic heterocycles. The van der Waals surface area contributed by atoms with Crippen LogP contribution in [-0.2, 0) is 0 Å². The second kappa shape index (κ2) is 4.91. The summed E-state index contributed by atoms with van der Waals surface area (Å²) in [5.41, 5.74) is 1.74. The van der Waals surface area contributed by atoms with Crippen molar-refractivity contribution in [3.05, 3.63) is 60.3 Å². The Labute approximate surface area is 87.8 Å². The van der Waals surface area contributed by atoms with Crippen LogP contribution in [0.15, 0.2) is 53.4 Å². The van der Waals surface area contributed by atoms with Crippen LogP contribution in [0.4, 0.5) is 0 Å². The predicted molar refractivity (Wildman–Crippen MR) is 58.8 cm³/mol. The van der Waals surface area contributed by atoms with Crippen molar-refractivity contribution in [1.82, 2.24) is 10.1 Å². The first kappa shape index (κ1) is 9.40. The van der Waals surface area contributed by atoms with Crippen molar-refractivity contribution in [3.8, 4) is 0 Å². The van der Waals surface area contributed by atoms with E-state index < -0.39 is 0 Å². The Morgan fingerprint density at radius 3 is 2.53 bits per heavy atom. The maximum absolute atomic E-state index is 4.69. The van der Waals surface area contributed by atoms with Gasteiger partial charge in [0.05, 0.1) is 5.69 Å². The van der Waals surface area contributed by atoms with Crippen LogP contribution < -0.4 is 0 Å². The van der Waals surface area contributed by atoms with Crippen molar-refractivity contribution in [2.24, 2.45) is 0 Å². The molecule has 74 valence electrons. The molecule has 0 bridgehead atoms. The van der Waals surface area contributed by atoms with Gasteiger partial charge in [0.2, 0.25) is 0 Å². The summed E-state index contributed by atoms with van der Waals surface area (Å²) in [5, 5.41) is 3.75. The summed E-state index contributed by atoms with van der Waals surface area (Å²) in [6.45, 7) is 0. The van der Waals surface area contributed by atoms with E-state index in [2.05, 4.69) is 10.1 Å². The number of hydrogen-bond donors (Lipinski definition) is 0. The molecule has 2 aromatic rings. The van der Waals surface area contributed by atoms with Gasteiger partial charge in [-0.25, -0.2) is 0 Å². The van der Waals surface area contributed by atoms with Gasteiger partial charge in [0.15, 0.2) is 0 Å². The lowest BCUT2D eigenvalue weighted by Crippen LogP contribution is -1.75. The monoisotopic (exact) mass is 198 g/mol. The summed E-state index contributed by atoms with van der Waals surface area (Å²) in [5.74, 6) is 0. The molecule has 0 N–H and O–H groups in total. The number of hydrogen-bond acceptors (Lipinski definition) is 3. The van der Waals surface area contributed by atoms with E-state index in [1.807, 2.05) is 42.5 Å². The molecule has 3 heteroatoms. The lowest BCUT2D eigenvalue weighted by Gasteiger charge is -1.87. The first-order chi connectivity index (χ1) is 7.45. The van der Waals surface area contributed by atoms with E-state index in [0.717, 1.165) is 11.4 Å². The minimum absolute atomic E-state index is 0.806. The highest BCUT2D eigenvalue weighted by molar-refractivity contribution is 5.52. The molecule has 15 heavy (non-hydrogen) atoms. The Morgan fingerprint density at radius 2 is 1.87 bits per heavy atom. The molecule has 2 heterocycles. The molecule has 0 unspecified atom stereocenters. The number of rotatable bonds is 3. The summed E-state index contributed by atoms with van der Waals surface area (Å²) < 4.78 is 4.69. The summed E-state index contributed by atoms with van der Waals surface area (Å²) in [6.07, 6.45) is 10.9. The van der Waals surface area contributed by atoms with Crippen molar-refractivity contribution in [2.45, 2.75) is 0 Å². The largest absolute Gasteiger partial charge is 0.364 e. The fourth-order valence-electron chi connectivity index (χ4n) is 1.09. The SMILES string of the molecule is C(C=Cc1ccon1)=Cc1ccccn1. The topological polar surface area (TPSA) is 38.9 Å². The molecule has 0 aliphatic carbocycles. The van der Waals surface area contributed by atoms with Gasteiger partial charge in [-0.15, -0.1) is 0 Å². The van der Waals surface area contributed by atoms with E-state index in [0.29, 0.717) is 0 Å². The molecule has 0 saturated heterocycles. The molecule has 0 aliphatic rings. The highest BCUT2D eigenvalue weighted by Gasteiger charge is 1.86. The molecule has 0 radical (unpaired) electrons. The Morgan fingerprint density at radius 1 is 1.00 bits per heavy atom.